The summed E-state index contributed by atoms with van der Waals surface area (Å²) in [5, 5.41) is 9.10. The van der Waals surface area contributed by atoms with Crippen molar-refractivity contribution in [3.05, 3.63) is 45.1 Å². The Labute approximate surface area is 117 Å². The molecule has 5 nitrogen and oxygen atoms in total. The van der Waals surface area contributed by atoms with E-state index in [-0.39, 0.29) is 5.89 Å². The number of benzene rings is 1. The van der Waals surface area contributed by atoms with E-state index in [0.717, 1.165) is 4.88 Å². The molecule has 0 aliphatic heterocycles. The zero-order chi connectivity index (χ0) is 14.3. The van der Waals surface area contributed by atoms with E-state index in [1.54, 1.807) is 24.3 Å². The van der Waals surface area contributed by atoms with Gasteiger partial charge in [-0.15, -0.1) is 11.3 Å². The van der Waals surface area contributed by atoms with Gasteiger partial charge >= 0.3 is 5.63 Å². The Balaban J connectivity index is 2.22. The van der Waals surface area contributed by atoms with Gasteiger partial charge in [0.05, 0.1) is 17.3 Å². The molecule has 3 rings (SSSR count). The first-order valence-corrected chi connectivity index (χ1v) is 6.62. The van der Waals surface area contributed by atoms with Gasteiger partial charge in [0.1, 0.15) is 10.2 Å². The molecule has 2 heterocycles. The minimum Gasteiger partial charge on any atom is -0.403 e. The highest BCUT2D eigenvalue weighted by atomic mass is 32.1. The lowest BCUT2D eigenvalue weighted by atomic mass is 10.1. The number of nitrogens with two attached hydrogens (primary N) is 1. The molecule has 98 valence electrons. The third kappa shape index (κ3) is 1.85. The summed E-state index contributed by atoms with van der Waals surface area (Å²) in [5.41, 5.74) is 6.96. The fourth-order valence-electron chi connectivity index (χ4n) is 1.88. The summed E-state index contributed by atoms with van der Waals surface area (Å²) in [5.74, 6) is 0.230. The fraction of sp³-hybridized carbons (Fsp3) is 0.0714. The smallest absolute Gasteiger partial charge is 0.350 e. The maximum absolute atomic E-state index is 12.0. The lowest BCUT2D eigenvalue weighted by Crippen LogP contribution is -2.03. The molecule has 0 unspecified atom stereocenters. The third-order valence-corrected chi connectivity index (χ3v) is 3.98. The Hall–Kier alpha value is -2.65. The van der Waals surface area contributed by atoms with Crippen molar-refractivity contribution < 1.29 is 4.42 Å². The number of aryl methyl sites for hydroxylation is 1. The number of nitrogens with zero attached hydrogens (tertiary/aromatic N) is 2. The molecule has 6 heteroatoms. The molecule has 20 heavy (non-hydrogen) atoms. The van der Waals surface area contributed by atoms with Crippen LogP contribution in [0.4, 0.5) is 5.69 Å². The highest BCUT2D eigenvalue weighted by Gasteiger charge is 2.15. The van der Waals surface area contributed by atoms with E-state index in [0.29, 0.717) is 27.0 Å². The number of nitrogen functional groups attached to an aromatic ring is 1. The number of hydrogen-bond donors (Lipinski definition) is 1. The van der Waals surface area contributed by atoms with Crippen LogP contribution in [0.2, 0.25) is 0 Å². The second-order valence-corrected chi connectivity index (χ2v) is 5.45. The Morgan fingerprint density at radius 2 is 2.05 bits per heavy atom. The number of rotatable bonds is 1. The molecule has 0 saturated heterocycles. The van der Waals surface area contributed by atoms with Gasteiger partial charge in [0.15, 0.2) is 0 Å². The maximum atomic E-state index is 12.0. The van der Waals surface area contributed by atoms with Crippen LogP contribution in [0.5, 0.6) is 0 Å². The van der Waals surface area contributed by atoms with Crippen molar-refractivity contribution in [2.75, 3.05) is 5.73 Å². The predicted octanol–water partition coefficient (Wildman–Crippen LogP) is 2.68. The number of fused-ring (bicyclic) bond motifs is 1. The molecule has 0 fully saturated rings. The molecular weight excluding hydrogens is 274 g/mol. The van der Waals surface area contributed by atoms with Crippen LogP contribution in [0.3, 0.4) is 0 Å². The highest BCUT2D eigenvalue weighted by molar-refractivity contribution is 7.19. The van der Waals surface area contributed by atoms with Crippen molar-refractivity contribution in [1.82, 2.24) is 4.98 Å². The summed E-state index contributed by atoms with van der Waals surface area (Å²) in [6.07, 6.45) is 0. The first kappa shape index (κ1) is 12.4. The van der Waals surface area contributed by atoms with E-state index in [1.165, 1.54) is 11.3 Å². The molecule has 0 spiro atoms. The minimum atomic E-state index is -0.490. The van der Waals surface area contributed by atoms with Gasteiger partial charge in [0.25, 0.3) is 0 Å². The summed E-state index contributed by atoms with van der Waals surface area (Å²) < 4.78 is 5.22. The molecule has 0 amide bonds. The number of nitriles is 1. The molecular formula is C14H9N3O2S. The summed E-state index contributed by atoms with van der Waals surface area (Å²) in [7, 11) is 0. The van der Waals surface area contributed by atoms with Crippen molar-refractivity contribution in [2.45, 2.75) is 6.92 Å². The van der Waals surface area contributed by atoms with Crippen molar-refractivity contribution in [1.29, 1.82) is 5.26 Å². The standard InChI is InChI=1S/C14H9N3O2S/c1-7-11(16)10-13(20-7)17-12(19-14(10)18)9-4-2-8(6-15)3-5-9/h2-5H,16H2,1H3. The molecule has 0 bridgehead atoms. The predicted molar refractivity (Wildman–Crippen MR) is 77.5 cm³/mol. The molecule has 0 saturated carbocycles. The highest BCUT2D eigenvalue weighted by Crippen LogP contribution is 2.30. The second-order valence-electron chi connectivity index (χ2n) is 4.25. The van der Waals surface area contributed by atoms with E-state index in [9.17, 15) is 4.79 Å². The van der Waals surface area contributed by atoms with Gasteiger partial charge in [-0.3, -0.25) is 0 Å². The first-order valence-electron chi connectivity index (χ1n) is 5.80. The van der Waals surface area contributed by atoms with Crippen LogP contribution in [-0.2, 0) is 0 Å². The van der Waals surface area contributed by atoms with Crippen molar-refractivity contribution in [3.63, 3.8) is 0 Å². The summed E-state index contributed by atoms with van der Waals surface area (Å²) >= 11 is 1.36. The topological polar surface area (TPSA) is 92.9 Å². The van der Waals surface area contributed by atoms with Crippen LogP contribution in [-0.4, -0.2) is 4.98 Å². The van der Waals surface area contributed by atoms with E-state index in [2.05, 4.69) is 4.98 Å². The number of thiophene rings is 1. The second kappa shape index (κ2) is 4.47. The molecule has 0 radical (unpaired) electrons. The quantitative estimate of drug-likeness (QED) is 0.741. The minimum absolute atomic E-state index is 0.230. The van der Waals surface area contributed by atoms with Crippen molar-refractivity contribution >= 4 is 27.2 Å². The van der Waals surface area contributed by atoms with Crippen LogP contribution in [0, 0.1) is 18.3 Å². The van der Waals surface area contributed by atoms with Crippen LogP contribution >= 0.6 is 11.3 Å². The average molecular weight is 283 g/mol. The van der Waals surface area contributed by atoms with E-state index < -0.39 is 5.63 Å². The monoisotopic (exact) mass is 283 g/mol. The molecule has 0 atom stereocenters. The van der Waals surface area contributed by atoms with Crippen molar-refractivity contribution in [2.24, 2.45) is 0 Å². The average Bonchev–Trinajstić information content (AvgIpc) is 2.74. The zero-order valence-corrected chi connectivity index (χ0v) is 11.3. The number of anilines is 1. The van der Waals surface area contributed by atoms with Gasteiger partial charge in [-0.25, -0.2) is 9.78 Å². The van der Waals surface area contributed by atoms with Gasteiger partial charge in [0.2, 0.25) is 5.89 Å². The molecule has 2 aromatic heterocycles. The van der Waals surface area contributed by atoms with Gasteiger partial charge < -0.3 is 10.2 Å². The van der Waals surface area contributed by atoms with Crippen LogP contribution in [0.15, 0.2) is 33.5 Å². The van der Waals surface area contributed by atoms with Crippen LogP contribution in [0.25, 0.3) is 21.7 Å². The molecule has 2 N–H and O–H groups in total. The summed E-state index contributed by atoms with van der Waals surface area (Å²) in [6.45, 7) is 1.84. The van der Waals surface area contributed by atoms with Crippen LogP contribution in [0.1, 0.15) is 10.4 Å². The summed E-state index contributed by atoms with van der Waals surface area (Å²) in [4.78, 5) is 17.7. The van der Waals surface area contributed by atoms with E-state index in [4.69, 9.17) is 15.4 Å². The van der Waals surface area contributed by atoms with Gasteiger partial charge in [-0.2, -0.15) is 5.26 Å². The van der Waals surface area contributed by atoms with E-state index >= 15 is 0 Å². The largest absolute Gasteiger partial charge is 0.403 e. The van der Waals surface area contributed by atoms with Gasteiger partial charge in [-0.1, -0.05) is 0 Å². The lowest BCUT2D eigenvalue weighted by Gasteiger charge is -1.99. The number of hydrogen-bond acceptors (Lipinski definition) is 6. The van der Waals surface area contributed by atoms with E-state index in [1.807, 2.05) is 13.0 Å². The Bertz CT molecular complexity index is 901. The normalized spacial score (nSPS) is 10.6. The fourth-order valence-corrected chi connectivity index (χ4v) is 2.81. The maximum Gasteiger partial charge on any atom is 0.350 e. The van der Waals surface area contributed by atoms with Crippen molar-refractivity contribution in [3.8, 4) is 17.5 Å². The summed E-state index contributed by atoms with van der Waals surface area (Å²) in [6, 6.07) is 8.71. The molecule has 0 aliphatic carbocycles. The van der Waals surface area contributed by atoms with Gasteiger partial charge in [-0.05, 0) is 31.2 Å². The first-order chi connectivity index (χ1) is 9.60. The zero-order valence-electron chi connectivity index (χ0n) is 10.5. The lowest BCUT2D eigenvalue weighted by molar-refractivity contribution is 0.519. The van der Waals surface area contributed by atoms with Crippen LogP contribution < -0.4 is 11.4 Å². The SMILES string of the molecule is Cc1sc2nc(-c3ccc(C#N)cc3)oc(=O)c2c1N. The molecule has 3 aromatic rings. The molecule has 1 aromatic carbocycles. The Kier molecular flexibility index (Phi) is 2.77. The van der Waals surface area contributed by atoms with Gasteiger partial charge in [0, 0.05) is 10.4 Å². The molecule has 0 aliphatic rings. The number of aromatic nitrogens is 1. The Morgan fingerprint density at radius 3 is 2.70 bits per heavy atom. The Morgan fingerprint density at radius 1 is 1.35 bits per heavy atom. The third-order valence-electron chi connectivity index (χ3n) is 2.97.